The van der Waals surface area contributed by atoms with Gasteiger partial charge < -0.3 is 15.8 Å². The fraction of sp³-hybridized carbons (Fsp3) is 0.474. The molecule has 1 aliphatic rings. The van der Waals surface area contributed by atoms with Crippen molar-refractivity contribution in [3.05, 3.63) is 36.0 Å². The number of anilines is 1. The Kier molecular flexibility index (Phi) is 6.18. The Balaban J connectivity index is 1.70. The molecule has 1 aromatic carbocycles. The molecule has 134 valence electrons. The maximum absolute atomic E-state index is 11.7. The lowest BCUT2D eigenvalue weighted by atomic mass is 9.97. The van der Waals surface area contributed by atoms with Crippen LogP contribution in [0.3, 0.4) is 0 Å². The molecule has 0 spiro atoms. The van der Waals surface area contributed by atoms with E-state index in [0.29, 0.717) is 17.8 Å². The highest BCUT2D eigenvalue weighted by molar-refractivity contribution is 7.19. The molecule has 6 heteroatoms. The van der Waals surface area contributed by atoms with Crippen LogP contribution in [-0.2, 0) is 16.1 Å². The van der Waals surface area contributed by atoms with Gasteiger partial charge in [0.25, 0.3) is 0 Å². The number of benzene rings is 1. The van der Waals surface area contributed by atoms with Gasteiger partial charge in [0.2, 0.25) is 5.91 Å². The Morgan fingerprint density at radius 2 is 2.12 bits per heavy atom. The number of ether oxygens (including phenoxy) is 1. The van der Waals surface area contributed by atoms with Crippen molar-refractivity contribution < 1.29 is 9.53 Å². The Labute approximate surface area is 152 Å². The van der Waals surface area contributed by atoms with Crippen molar-refractivity contribution in [2.24, 2.45) is 5.73 Å². The number of nitrogens with one attached hydrogen (secondary N) is 1. The van der Waals surface area contributed by atoms with Gasteiger partial charge in [-0.25, -0.2) is 4.98 Å². The molecule has 1 atom stereocenters. The molecule has 1 fully saturated rings. The summed E-state index contributed by atoms with van der Waals surface area (Å²) in [5.74, 6) is -0.227. The number of carbonyl (C=O) groups excluding carboxylic acids is 1. The second kappa shape index (κ2) is 8.56. The van der Waals surface area contributed by atoms with Gasteiger partial charge in [0.15, 0.2) is 5.13 Å². The Hall–Kier alpha value is -1.76. The van der Waals surface area contributed by atoms with E-state index < -0.39 is 6.04 Å². The van der Waals surface area contributed by atoms with Crippen molar-refractivity contribution in [3.63, 3.8) is 0 Å². The average molecular weight is 359 g/mol. The normalized spacial score (nSPS) is 16.6. The van der Waals surface area contributed by atoms with Gasteiger partial charge in [0.1, 0.15) is 0 Å². The number of rotatable bonds is 6. The van der Waals surface area contributed by atoms with Gasteiger partial charge in [-0.3, -0.25) is 4.79 Å². The average Bonchev–Trinajstić information content (AvgIpc) is 3.09. The number of nitrogens with zero attached hydrogens (tertiary/aromatic N) is 1. The van der Waals surface area contributed by atoms with Crippen LogP contribution in [0.15, 0.2) is 30.5 Å². The molecule has 25 heavy (non-hydrogen) atoms. The number of nitrogens with two attached hydrogens (primary N) is 1. The third-order valence-corrected chi connectivity index (χ3v) is 5.41. The predicted octanol–water partition coefficient (Wildman–Crippen LogP) is 3.95. The SMILES string of the molecule is C[C@H](N)C(=O)Nc1ncc(-c2ccccc2COC2CCCCC2)s1. The fourth-order valence-electron chi connectivity index (χ4n) is 3.00. The lowest BCUT2D eigenvalue weighted by Crippen LogP contribution is -2.32. The maximum Gasteiger partial charge on any atom is 0.242 e. The van der Waals surface area contributed by atoms with Crippen molar-refractivity contribution in [2.45, 2.75) is 57.8 Å². The van der Waals surface area contributed by atoms with E-state index in [1.54, 1.807) is 13.1 Å². The van der Waals surface area contributed by atoms with Crippen molar-refractivity contribution in [1.82, 2.24) is 4.98 Å². The molecular formula is C19H25N3O2S. The molecule has 1 saturated carbocycles. The van der Waals surface area contributed by atoms with E-state index >= 15 is 0 Å². The molecule has 0 radical (unpaired) electrons. The van der Waals surface area contributed by atoms with Gasteiger partial charge in [-0.1, -0.05) is 54.9 Å². The van der Waals surface area contributed by atoms with Crippen LogP contribution in [0.25, 0.3) is 10.4 Å². The first-order chi connectivity index (χ1) is 12.1. The van der Waals surface area contributed by atoms with Gasteiger partial charge in [-0.05, 0) is 30.9 Å². The fourth-order valence-corrected chi connectivity index (χ4v) is 3.88. The van der Waals surface area contributed by atoms with E-state index in [4.69, 9.17) is 10.5 Å². The van der Waals surface area contributed by atoms with E-state index in [-0.39, 0.29) is 5.91 Å². The van der Waals surface area contributed by atoms with E-state index in [2.05, 4.69) is 22.4 Å². The molecule has 1 aromatic heterocycles. The number of thiazole rings is 1. The molecule has 1 amide bonds. The summed E-state index contributed by atoms with van der Waals surface area (Å²) in [7, 11) is 0. The van der Waals surface area contributed by atoms with E-state index in [0.717, 1.165) is 28.8 Å². The molecular weight excluding hydrogens is 334 g/mol. The highest BCUT2D eigenvalue weighted by Gasteiger charge is 2.16. The number of hydrogen-bond acceptors (Lipinski definition) is 5. The molecule has 1 heterocycles. The summed E-state index contributed by atoms with van der Waals surface area (Å²) in [5, 5.41) is 3.32. The zero-order chi connectivity index (χ0) is 17.6. The Bertz CT molecular complexity index is 708. The van der Waals surface area contributed by atoms with Gasteiger partial charge in [-0.15, -0.1) is 0 Å². The van der Waals surface area contributed by atoms with Crippen LogP contribution in [0, 0.1) is 0 Å². The quantitative estimate of drug-likeness (QED) is 0.819. The summed E-state index contributed by atoms with van der Waals surface area (Å²) in [4.78, 5) is 17.0. The molecule has 0 saturated heterocycles. The van der Waals surface area contributed by atoms with Crippen LogP contribution >= 0.6 is 11.3 Å². The summed E-state index contributed by atoms with van der Waals surface area (Å²) < 4.78 is 6.13. The first kappa shape index (κ1) is 18.0. The van der Waals surface area contributed by atoms with Gasteiger partial charge in [0.05, 0.1) is 23.6 Å². The zero-order valence-corrected chi connectivity index (χ0v) is 15.3. The number of carbonyl (C=O) groups is 1. The van der Waals surface area contributed by atoms with Crippen molar-refractivity contribution >= 4 is 22.4 Å². The van der Waals surface area contributed by atoms with E-state index in [1.807, 2.05) is 12.1 Å². The number of amides is 1. The van der Waals surface area contributed by atoms with Gasteiger partial charge in [0, 0.05) is 6.20 Å². The monoisotopic (exact) mass is 359 g/mol. The summed E-state index contributed by atoms with van der Waals surface area (Å²) in [6.45, 7) is 2.27. The topological polar surface area (TPSA) is 77.2 Å². The molecule has 1 aliphatic carbocycles. The van der Waals surface area contributed by atoms with Crippen LogP contribution in [0.4, 0.5) is 5.13 Å². The molecule has 5 nitrogen and oxygen atoms in total. The smallest absolute Gasteiger partial charge is 0.242 e. The minimum Gasteiger partial charge on any atom is -0.374 e. The van der Waals surface area contributed by atoms with E-state index in [1.165, 1.54) is 30.6 Å². The highest BCUT2D eigenvalue weighted by Crippen LogP contribution is 2.32. The minimum atomic E-state index is -0.552. The second-order valence-electron chi connectivity index (χ2n) is 6.54. The lowest BCUT2D eigenvalue weighted by Gasteiger charge is -2.22. The van der Waals surface area contributed by atoms with E-state index in [9.17, 15) is 4.79 Å². The Morgan fingerprint density at radius 3 is 2.88 bits per heavy atom. The van der Waals surface area contributed by atoms with Crippen LogP contribution in [0.5, 0.6) is 0 Å². The van der Waals surface area contributed by atoms with Crippen LogP contribution < -0.4 is 11.1 Å². The summed E-state index contributed by atoms with van der Waals surface area (Å²) in [5.41, 5.74) is 7.85. The molecule has 3 N–H and O–H groups in total. The standard InChI is InChI=1S/C19H25N3O2S/c1-13(20)18(23)22-19-21-11-17(25-19)16-10-6-5-7-14(16)12-24-15-8-3-2-4-9-15/h5-7,10-11,13,15H,2-4,8-9,12,20H2,1H3,(H,21,22,23)/t13-/m0/s1. The third-order valence-electron chi connectivity index (χ3n) is 4.46. The molecule has 3 rings (SSSR count). The first-order valence-corrected chi connectivity index (χ1v) is 9.67. The molecule has 0 bridgehead atoms. The maximum atomic E-state index is 11.7. The van der Waals surface area contributed by atoms with Crippen LogP contribution in [0.2, 0.25) is 0 Å². The minimum absolute atomic E-state index is 0.227. The van der Waals surface area contributed by atoms with Crippen molar-refractivity contribution in [2.75, 3.05) is 5.32 Å². The summed E-state index contributed by atoms with van der Waals surface area (Å²) >= 11 is 1.45. The zero-order valence-electron chi connectivity index (χ0n) is 14.5. The number of hydrogen-bond donors (Lipinski definition) is 2. The highest BCUT2D eigenvalue weighted by atomic mass is 32.1. The largest absolute Gasteiger partial charge is 0.374 e. The lowest BCUT2D eigenvalue weighted by molar-refractivity contribution is -0.117. The third kappa shape index (κ3) is 4.87. The van der Waals surface area contributed by atoms with Crippen LogP contribution in [0.1, 0.15) is 44.6 Å². The molecule has 0 aliphatic heterocycles. The van der Waals surface area contributed by atoms with Gasteiger partial charge in [-0.2, -0.15) is 0 Å². The molecule has 2 aromatic rings. The summed E-state index contributed by atoms with van der Waals surface area (Å²) in [6, 6.07) is 7.66. The van der Waals surface area contributed by atoms with Crippen molar-refractivity contribution in [3.8, 4) is 10.4 Å². The summed E-state index contributed by atoms with van der Waals surface area (Å²) in [6.07, 6.45) is 8.36. The van der Waals surface area contributed by atoms with Gasteiger partial charge >= 0.3 is 0 Å². The number of aromatic nitrogens is 1. The molecule has 0 unspecified atom stereocenters. The second-order valence-corrected chi connectivity index (χ2v) is 7.57. The first-order valence-electron chi connectivity index (χ1n) is 8.85. The van der Waals surface area contributed by atoms with Crippen LogP contribution in [-0.4, -0.2) is 23.0 Å². The van der Waals surface area contributed by atoms with Crippen molar-refractivity contribution in [1.29, 1.82) is 0 Å². The predicted molar refractivity (Wildman–Crippen MR) is 101 cm³/mol. The Morgan fingerprint density at radius 1 is 1.36 bits per heavy atom.